The smallest absolute Gasteiger partial charge is 0.139 e. The summed E-state index contributed by atoms with van der Waals surface area (Å²) in [6.07, 6.45) is 28.2. The van der Waals surface area contributed by atoms with Gasteiger partial charge in [0.15, 0.2) is 0 Å². The van der Waals surface area contributed by atoms with Gasteiger partial charge in [-0.1, -0.05) is 95.8 Å². The molecule has 6 atom stereocenters. The second kappa shape index (κ2) is 14.1. The highest BCUT2D eigenvalue weighted by atomic mass is 16.3. The lowest BCUT2D eigenvalue weighted by Crippen LogP contribution is -2.35. The number of hydrogen-bond donors (Lipinski definition) is 2. The average molecular weight is 551 g/mol. The molecule has 0 bridgehead atoms. The van der Waals surface area contributed by atoms with Crippen molar-refractivity contribution in [2.24, 2.45) is 28.6 Å². The molecule has 4 rings (SSSR count). The molecular weight excluding hydrogens is 492 g/mol. The number of hydrogen-bond acceptors (Lipinski definition) is 3. The fourth-order valence-electron chi connectivity index (χ4n) is 8.51. The number of carbonyl (C=O) groups is 1. The maximum Gasteiger partial charge on any atom is 0.139 e. The third kappa shape index (κ3) is 7.49. The van der Waals surface area contributed by atoms with Crippen molar-refractivity contribution in [3.8, 4) is 0 Å². The summed E-state index contributed by atoms with van der Waals surface area (Å²) in [4.78, 5) is 13.0. The molecule has 3 nitrogen and oxygen atoms in total. The number of Topliss-reactive ketones (excluding diaryl/α,β-unsaturated/α-hetero) is 1. The van der Waals surface area contributed by atoms with E-state index >= 15 is 0 Å². The molecule has 0 unspecified atom stereocenters. The van der Waals surface area contributed by atoms with E-state index < -0.39 is 12.2 Å². The minimum atomic E-state index is -0.626. The van der Waals surface area contributed by atoms with Gasteiger partial charge in [-0.15, -0.1) is 0 Å². The lowest BCUT2D eigenvalue weighted by atomic mass is 9.61. The van der Waals surface area contributed by atoms with Gasteiger partial charge in [0.1, 0.15) is 5.78 Å². The SMILES string of the molecule is C=C1C(=CC=C2CCC[C@]3(C)[C@@H]([C@H](C)C=CCC4(C(=O)CCCCCCCCC)CC4)CC[C@@H]23)C[C@@H](O)C[C@@H]1O. The van der Waals surface area contributed by atoms with E-state index in [1.807, 2.05) is 0 Å². The van der Waals surface area contributed by atoms with Gasteiger partial charge >= 0.3 is 0 Å². The monoisotopic (exact) mass is 550 g/mol. The van der Waals surface area contributed by atoms with Crippen LogP contribution >= 0.6 is 0 Å². The van der Waals surface area contributed by atoms with E-state index in [-0.39, 0.29) is 5.41 Å². The van der Waals surface area contributed by atoms with Crippen molar-refractivity contribution in [1.82, 2.24) is 0 Å². The Labute approximate surface area is 245 Å². The van der Waals surface area contributed by atoms with Crippen molar-refractivity contribution in [2.75, 3.05) is 0 Å². The van der Waals surface area contributed by atoms with Gasteiger partial charge in [-0.25, -0.2) is 0 Å². The second-order valence-corrected chi connectivity index (χ2v) is 14.2. The van der Waals surface area contributed by atoms with Crippen molar-refractivity contribution in [1.29, 1.82) is 0 Å². The van der Waals surface area contributed by atoms with Gasteiger partial charge in [-0.3, -0.25) is 4.79 Å². The molecule has 0 aromatic rings. The van der Waals surface area contributed by atoms with Crippen LogP contribution in [-0.4, -0.2) is 28.2 Å². The van der Waals surface area contributed by atoms with Gasteiger partial charge in [-0.05, 0) is 98.5 Å². The van der Waals surface area contributed by atoms with Crippen LogP contribution in [0.5, 0.6) is 0 Å². The fourth-order valence-corrected chi connectivity index (χ4v) is 8.51. The van der Waals surface area contributed by atoms with Crippen LogP contribution in [0.3, 0.4) is 0 Å². The molecule has 224 valence electrons. The van der Waals surface area contributed by atoms with Crippen LogP contribution in [0.2, 0.25) is 0 Å². The van der Waals surface area contributed by atoms with Crippen LogP contribution in [0.1, 0.15) is 136 Å². The largest absolute Gasteiger partial charge is 0.393 e. The average Bonchev–Trinajstić information content (AvgIpc) is 3.62. The summed E-state index contributed by atoms with van der Waals surface area (Å²) in [5.41, 5.74) is 3.62. The van der Waals surface area contributed by atoms with Crippen LogP contribution in [-0.2, 0) is 4.79 Å². The third-order valence-corrected chi connectivity index (χ3v) is 11.3. The zero-order valence-corrected chi connectivity index (χ0v) is 25.9. The molecule has 3 heteroatoms. The van der Waals surface area contributed by atoms with Crippen molar-refractivity contribution < 1.29 is 15.0 Å². The Morgan fingerprint density at radius 2 is 1.77 bits per heavy atom. The van der Waals surface area contributed by atoms with Gasteiger partial charge in [0.25, 0.3) is 0 Å². The number of aliphatic hydroxyl groups excluding tert-OH is 2. The number of fused-ring (bicyclic) bond motifs is 1. The fraction of sp³-hybridized carbons (Fsp3) is 0.757. The molecule has 4 saturated carbocycles. The van der Waals surface area contributed by atoms with Crippen molar-refractivity contribution in [2.45, 2.75) is 149 Å². The maximum atomic E-state index is 13.0. The van der Waals surface area contributed by atoms with Crippen molar-refractivity contribution in [3.05, 3.63) is 47.6 Å². The Morgan fingerprint density at radius 1 is 1.05 bits per heavy atom. The molecule has 0 spiro atoms. The molecule has 0 aromatic carbocycles. The minimum absolute atomic E-state index is 0.0287. The molecule has 0 amide bonds. The summed E-state index contributed by atoms with van der Waals surface area (Å²) in [5.74, 6) is 2.36. The zero-order chi connectivity index (χ0) is 28.8. The first kappa shape index (κ1) is 31.5. The molecule has 0 heterocycles. The highest BCUT2D eigenvalue weighted by Crippen LogP contribution is 2.60. The van der Waals surface area contributed by atoms with Crippen molar-refractivity contribution >= 4 is 5.78 Å². The Balaban J connectivity index is 1.29. The van der Waals surface area contributed by atoms with Gasteiger partial charge in [0.05, 0.1) is 12.2 Å². The van der Waals surface area contributed by atoms with Crippen LogP contribution in [0.25, 0.3) is 0 Å². The Bertz CT molecular complexity index is 966. The number of unbranched alkanes of at least 4 members (excludes halogenated alkanes) is 6. The first-order valence-electron chi connectivity index (χ1n) is 16.8. The summed E-state index contributed by atoms with van der Waals surface area (Å²) in [6.45, 7) is 11.3. The predicted octanol–water partition coefficient (Wildman–Crippen LogP) is 9.20. The van der Waals surface area contributed by atoms with Gasteiger partial charge < -0.3 is 10.2 Å². The van der Waals surface area contributed by atoms with E-state index in [9.17, 15) is 15.0 Å². The first-order chi connectivity index (χ1) is 19.2. The second-order valence-electron chi connectivity index (χ2n) is 14.2. The van der Waals surface area contributed by atoms with E-state index in [0.29, 0.717) is 41.8 Å². The normalized spacial score (nSPS) is 34.5. The van der Waals surface area contributed by atoms with Gasteiger partial charge in [0, 0.05) is 18.3 Å². The quantitative estimate of drug-likeness (QED) is 0.167. The van der Waals surface area contributed by atoms with E-state index in [1.165, 1.54) is 64.2 Å². The third-order valence-electron chi connectivity index (χ3n) is 11.3. The van der Waals surface area contributed by atoms with Gasteiger partial charge in [-0.2, -0.15) is 0 Å². The standard InChI is InChI=1S/C37H58O3/c1-5-6-7-8-9-10-11-16-35(40)37(23-24-37)22-12-14-27(2)32-19-20-33-29(15-13-21-36(32,33)4)17-18-30-25-31(38)26-34(39)28(30)3/h12,14,17-18,27,31-34,38-39H,3,5-11,13,15-16,19-26H2,1-2,4H3/t27-,31-,32-,33+,34+,36-/m1/s1. The van der Waals surface area contributed by atoms with Crippen LogP contribution in [0, 0.1) is 28.6 Å². The van der Waals surface area contributed by atoms with Crippen LogP contribution in [0.15, 0.2) is 47.6 Å². The predicted molar refractivity (Wildman–Crippen MR) is 167 cm³/mol. The Kier molecular flexibility index (Phi) is 11.1. The highest BCUT2D eigenvalue weighted by molar-refractivity contribution is 5.87. The van der Waals surface area contributed by atoms with E-state index in [4.69, 9.17) is 0 Å². The summed E-state index contributed by atoms with van der Waals surface area (Å²) in [7, 11) is 0. The van der Waals surface area contributed by atoms with Crippen LogP contribution < -0.4 is 0 Å². The molecule has 4 aliphatic carbocycles. The summed E-state index contributed by atoms with van der Waals surface area (Å²) in [6, 6.07) is 0. The molecule has 40 heavy (non-hydrogen) atoms. The molecule has 0 aromatic heterocycles. The lowest BCUT2D eigenvalue weighted by Gasteiger charge is -2.44. The lowest BCUT2D eigenvalue weighted by molar-refractivity contribution is -0.124. The van der Waals surface area contributed by atoms with E-state index in [1.54, 1.807) is 5.57 Å². The van der Waals surface area contributed by atoms with Gasteiger partial charge in [0.2, 0.25) is 0 Å². The molecule has 4 fully saturated rings. The number of rotatable bonds is 14. The number of allylic oxidation sites excluding steroid dienone is 5. The number of ketones is 1. The molecule has 0 saturated heterocycles. The molecule has 0 radical (unpaired) electrons. The molecule has 2 N–H and O–H groups in total. The zero-order valence-electron chi connectivity index (χ0n) is 25.9. The van der Waals surface area contributed by atoms with E-state index in [0.717, 1.165) is 49.7 Å². The highest BCUT2D eigenvalue weighted by Gasteiger charge is 2.51. The Morgan fingerprint density at radius 3 is 2.50 bits per heavy atom. The van der Waals surface area contributed by atoms with E-state index in [2.05, 4.69) is 51.7 Å². The molecule has 0 aliphatic heterocycles. The summed E-state index contributed by atoms with van der Waals surface area (Å²) >= 11 is 0. The Hall–Kier alpha value is -1.45. The maximum absolute atomic E-state index is 13.0. The number of carbonyl (C=O) groups excluding carboxylic acids is 1. The number of aliphatic hydroxyl groups is 2. The summed E-state index contributed by atoms with van der Waals surface area (Å²) in [5, 5.41) is 20.4. The first-order valence-corrected chi connectivity index (χ1v) is 16.8. The van der Waals surface area contributed by atoms with Crippen LogP contribution in [0.4, 0.5) is 0 Å². The molecular formula is C37H58O3. The molecule has 4 aliphatic rings. The van der Waals surface area contributed by atoms with Crippen molar-refractivity contribution in [3.63, 3.8) is 0 Å². The summed E-state index contributed by atoms with van der Waals surface area (Å²) < 4.78 is 0. The minimum Gasteiger partial charge on any atom is -0.393 e. The topological polar surface area (TPSA) is 57.5 Å².